The molecule has 0 spiro atoms. The first-order valence-corrected chi connectivity index (χ1v) is 6.08. The fourth-order valence-electron chi connectivity index (χ4n) is 2.41. The number of carboxylic acids is 1. The number of hydrogen-bond acceptors (Lipinski definition) is 3. The molecule has 0 amide bonds. The molecule has 0 bridgehead atoms. The summed E-state index contributed by atoms with van der Waals surface area (Å²) in [7, 11) is 1.80. The number of aryl methyl sites for hydroxylation is 1. The minimum atomic E-state index is -0.891. The van der Waals surface area contributed by atoms with Gasteiger partial charge in [-0.25, -0.2) is 4.79 Å². The van der Waals surface area contributed by atoms with Crippen LogP contribution in [0, 0.1) is 0 Å². The summed E-state index contributed by atoms with van der Waals surface area (Å²) in [4.78, 5) is 13.4. The van der Waals surface area contributed by atoms with Crippen LogP contribution >= 0.6 is 0 Å². The van der Waals surface area contributed by atoms with Crippen molar-refractivity contribution < 1.29 is 9.90 Å². The largest absolute Gasteiger partial charge is 0.478 e. The van der Waals surface area contributed by atoms with E-state index in [9.17, 15) is 4.79 Å². The molecule has 1 aliphatic rings. The van der Waals surface area contributed by atoms with Crippen molar-refractivity contribution in [3.8, 4) is 0 Å². The molecule has 1 N–H and O–H groups in total. The SMILES string of the molecule is CC1CCCCN1Cc1c(C(=O)O)cnn1C. The van der Waals surface area contributed by atoms with Crippen molar-refractivity contribution in [2.75, 3.05) is 6.54 Å². The van der Waals surface area contributed by atoms with Crippen molar-refractivity contribution in [3.05, 3.63) is 17.5 Å². The van der Waals surface area contributed by atoms with Crippen molar-refractivity contribution in [2.24, 2.45) is 7.05 Å². The second-order valence-electron chi connectivity index (χ2n) is 4.75. The van der Waals surface area contributed by atoms with Crippen molar-refractivity contribution >= 4 is 5.97 Å². The van der Waals surface area contributed by atoms with Gasteiger partial charge in [-0.05, 0) is 26.3 Å². The van der Waals surface area contributed by atoms with E-state index in [0.717, 1.165) is 12.2 Å². The molecule has 1 aliphatic heterocycles. The highest BCUT2D eigenvalue weighted by Gasteiger charge is 2.22. The number of likely N-dealkylation sites (tertiary alicyclic amines) is 1. The average molecular weight is 237 g/mol. The topological polar surface area (TPSA) is 58.4 Å². The second-order valence-corrected chi connectivity index (χ2v) is 4.75. The summed E-state index contributed by atoms with van der Waals surface area (Å²) in [5.41, 5.74) is 1.12. The Hall–Kier alpha value is -1.36. The lowest BCUT2D eigenvalue weighted by molar-refractivity contribution is 0.0692. The van der Waals surface area contributed by atoms with Crippen LogP contribution in [0.25, 0.3) is 0 Å². The maximum Gasteiger partial charge on any atom is 0.339 e. The fraction of sp³-hybridized carbons (Fsp3) is 0.667. The molecular formula is C12H19N3O2. The average Bonchev–Trinajstić information content (AvgIpc) is 2.64. The molecule has 1 aromatic rings. The molecule has 0 radical (unpaired) electrons. The lowest BCUT2D eigenvalue weighted by Gasteiger charge is -2.33. The van der Waals surface area contributed by atoms with Gasteiger partial charge in [0.1, 0.15) is 5.56 Å². The van der Waals surface area contributed by atoms with Crippen molar-refractivity contribution in [3.63, 3.8) is 0 Å². The molecule has 1 saturated heterocycles. The smallest absolute Gasteiger partial charge is 0.339 e. The highest BCUT2D eigenvalue weighted by Crippen LogP contribution is 2.20. The molecule has 0 aromatic carbocycles. The summed E-state index contributed by atoms with van der Waals surface area (Å²) in [5, 5.41) is 13.1. The normalized spacial score (nSPS) is 21.6. The van der Waals surface area contributed by atoms with Crippen molar-refractivity contribution in [1.29, 1.82) is 0 Å². The Morgan fingerprint density at radius 2 is 2.35 bits per heavy atom. The molecular weight excluding hydrogens is 218 g/mol. The Balaban J connectivity index is 2.17. The van der Waals surface area contributed by atoms with Crippen molar-refractivity contribution in [2.45, 2.75) is 38.8 Å². The van der Waals surface area contributed by atoms with E-state index in [0.29, 0.717) is 18.2 Å². The third-order valence-corrected chi connectivity index (χ3v) is 3.59. The monoisotopic (exact) mass is 237 g/mol. The third kappa shape index (κ3) is 2.49. The van der Waals surface area contributed by atoms with E-state index in [2.05, 4.69) is 16.9 Å². The van der Waals surface area contributed by atoms with Gasteiger partial charge in [-0.15, -0.1) is 0 Å². The summed E-state index contributed by atoms with van der Waals surface area (Å²) in [6.07, 6.45) is 5.10. The maximum atomic E-state index is 11.1. The number of carboxylic acid groups (broad SMARTS) is 1. The van der Waals surface area contributed by atoms with Crippen LogP contribution in [0.4, 0.5) is 0 Å². The van der Waals surface area contributed by atoms with Gasteiger partial charge in [-0.2, -0.15) is 5.10 Å². The molecule has 5 nitrogen and oxygen atoms in total. The maximum absolute atomic E-state index is 11.1. The number of aromatic carboxylic acids is 1. The number of piperidine rings is 1. The molecule has 2 heterocycles. The fourth-order valence-corrected chi connectivity index (χ4v) is 2.41. The number of hydrogen-bond donors (Lipinski definition) is 1. The van der Waals surface area contributed by atoms with E-state index in [1.807, 2.05) is 0 Å². The highest BCUT2D eigenvalue weighted by molar-refractivity contribution is 5.88. The zero-order chi connectivity index (χ0) is 12.4. The van der Waals surface area contributed by atoms with Gasteiger partial charge in [-0.3, -0.25) is 9.58 Å². The Labute approximate surface area is 101 Å². The minimum Gasteiger partial charge on any atom is -0.478 e. The van der Waals surface area contributed by atoms with Crippen LogP contribution in [-0.2, 0) is 13.6 Å². The summed E-state index contributed by atoms with van der Waals surface area (Å²) in [5.74, 6) is -0.891. The van der Waals surface area contributed by atoms with E-state index >= 15 is 0 Å². The molecule has 1 atom stereocenters. The van der Waals surface area contributed by atoms with E-state index in [1.54, 1.807) is 11.7 Å². The van der Waals surface area contributed by atoms with Crippen LogP contribution in [-0.4, -0.2) is 38.3 Å². The molecule has 0 aliphatic carbocycles. The van der Waals surface area contributed by atoms with Gasteiger partial charge in [0.25, 0.3) is 0 Å². The predicted octanol–water partition coefficient (Wildman–Crippen LogP) is 1.49. The van der Waals surface area contributed by atoms with E-state index < -0.39 is 5.97 Å². The summed E-state index contributed by atoms with van der Waals surface area (Å²) in [6.45, 7) is 3.93. The summed E-state index contributed by atoms with van der Waals surface area (Å²) >= 11 is 0. The Morgan fingerprint density at radius 3 is 3.00 bits per heavy atom. The Morgan fingerprint density at radius 1 is 1.59 bits per heavy atom. The lowest BCUT2D eigenvalue weighted by Crippen LogP contribution is -2.37. The van der Waals surface area contributed by atoms with E-state index in [-0.39, 0.29) is 0 Å². The molecule has 1 fully saturated rings. The van der Waals surface area contributed by atoms with Crippen LogP contribution in [0.15, 0.2) is 6.20 Å². The molecule has 0 saturated carbocycles. The van der Waals surface area contributed by atoms with Gasteiger partial charge in [0.15, 0.2) is 0 Å². The highest BCUT2D eigenvalue weighted by atomic mass is 16.4. The van der Waals surface area contributed by atoms with E-state index in [1.165, 1.54) is 25.5 Å². The van der Waals surface area contributed by atoms with Gasteiger partial charge >= 0.3 is 5.97 Å². The first kappa shape index (κ1) is 12.1. The molecule has 2 rings (SSSR count). The quantitative estimate of drug-likeness (QED) is 0.865. The summed E-state index contributed by atoms with van der Waals surface area (Å²) < 4.78 is 1.67. The Kier molecular flexibility index (Phi) is 3.47. The first-order chi connectivity index (χ1) is 8.09. The standard InChI is InChI=1S/C12H19N3O2/c1-9-5-3-4-6-15(9)8-11-10(12(16)17)7-13-14(11)2/h7,9H,3-6,8H2,1-2H3,(H,16,17). The minimum absolute atomic E-state index is 0.324. The number of carbonyl (C=O) groups is 1. The van der Waals surface area contributed by atoms with Gasteiger partial charge < -0.3 is 5.11 Å². The predicted molar refractivity (Wildman–Crippen MR) is 63.9 cm³/mol. The van der Waals surface area contributed by atoms with Gasteiger partial charge in [0.2, 0.25) is 0 Å². The zero-order valence-corrected chi connectivity index (χ0v) is 10.4. The van der Waals surface area contributed by atoms with Gasteiger partial charge in [0.05, 0.1) is 11.9 Å². The number of rotatable bonds is 3. The third-order valence-electron chi connectivity index (χ3n) is 3.59. The van der Waals surface area contributed by atoms with Crippen LogP contribution in [0.1, 0.15) is 42.2 Å². The van der Waals surface area contributed by atoms with Gasteiger partial charge in [0, 0.05) is 19.6 Å². The van der Waals surface area contributed by atoms with E-state index in [4.69, 9.17) is 5.11 Å². The second kappa shape index (κ2) is 4.87. The van der Waals surface area contributed by atoms with Crippen LogP contribution in [0.5, 0.6) is 0 Å². The van der Waals surface area contributed by atoms with Crippen LogP contribution in [0.3, 0.4) is 0 Å². The Bertz CT molecular complexity index is 414. The van der Waals surface area contributed by atoms with Crippen LogP contribution in [0.2, 0.25) is 0 Å². The zero-order valence-electron chi connectivity index (χ0n) is 10.4. The van der Waals surface area contributed by atoms with Crippen LogP contribution < -0.4 is 0 Å². The first-order valence-electron chi connectivity index (χ1n) is 6.08. The molecule has 94 valence electrons. The number of nitrogens with zero attached hydrogens (tertiary/aromatic N) is 3. The molecule has 5 heteroatoms. The molecule has 17 heavy (non-hydrogen) atoms. The molecule has 1 aromatic heterocycles. The van der Waals surface area contributed by atoms with Gasteiger partial charge in [-0.1, -0.05) is 6.42 Å². The lowest BCUT2D eigenvalue weighted by atomic mass is 10.0. The summed E-state index contributed by atoms with van der Waals surface area (Å²) in [6, 6.07) is 0.528. The molecule has 1 unspecified atom stereocenters. The number of aromatic nitrogens is 2. The van der Waals surface area contributed by atoms with Crippen molar-refractivity contribution in [1.82, 2.24) is 14.7 Å².